The van der Waals surface area contributed by atoms with Crippen LogP contribution in [-0.2, 0) is 14.6 Å². The summed E-state index contributed by atoms with van der Waals surface area (Å²) in [6.07, 6.45) is 3.05. The molecule has 0 aliphatic rings. The zero-order chi connectivity index (χ0) is 14.5. The predicted molar refractivity (Wildman–Crippen MR) is 71.1 cm³/mol. The van der Waals surface area contributed by atoms with Gasteiger partial charge in [-0.15, -0.1) is 0 Å². The van der Waals surface area contributed by atoms with Crippen molar-refractivity contribution in [1.29, 1.82) is 0 Å². The molecule has 0 bridgehead atoms. The Kier molecular flexibility index (Phi) is 5.11. The van der Waals surface area contributed by atoms with Gasteiger partial charge in [-0.2, -0.15) is 0 Å². The molecule has 0 aliphatic heterocycles. The third kappa shape index (κ3) is 4.75. The van der Waals surface area contributed by atoms with Crippen LogP contribution in [0.1, 0.15) is 13.3 Å². The van der Waals surface area contributed by atoms with Crippen molar-refractivity contribution in [2.75, 3.05) is 12.9 Å². The molecule has 0 spiro atoms. The molecule has 1 aromatic carbocycles. The Morgan fingerprint density at radius 1 is 1.32 bits per heavy atom. The summed E-state index contributed by atoms with van der Waals surface area (Å²) in [5.74, 6) is -0.469. The lowest BCUT2D eigenvalue weighted by Gasteiger charge is -2.05. The predicted octanol–water partition coefficient (Wildman–Crippen LogP) is 1.89. The van der Waals surface area contributed by atoms with Crippen LogP contribution in [0.15, 0.2) is 40.8 Å². The van der Waals surface area contributed by atoms with Crippen molar-refractivity contribution < 1.29 is 23.1 Å². The molecule has 0 saturated carbocycles. The monoisotopic (exact) mass is 284 g/mol. The number of sulfone groups is 1. The molecular formula is C13H16O5S. The molecule has 1 rings (SSSR count). The topological polar surface area (TPSA) is 80.7 Å². The van der Waals surface area contributed by atoms with Gasteiger partial charge in [-0.3, -0.25) is 0 Å². The Labute approximate surface area is 112 Å². The lowest BCUT2D eigenvalue weighted by atomic mass is 10.2. The lowest BCUT2D eigenvalue weighted by molar-refractivity contribution is -0.132. The number of carboxylic acid groups (broad SMARTS) is 1. The standard InChI is InChI=1S/C13H16O5S/c1-3-10(13(14)15)8-9-18-11-4-6-12(7-5-11)19(2,16)17/h4-8H,3,9H2,1-2H3,(H,14,15). The van der Waals surface area contributed by atoms with E-state index >= 15 is 0 Å². The van der Waals surface area contributed by atoms with E-state index in [1.54, 1.807) is 6.92 Å². The molecule has 0 aliphatic carbocycles. The SMILES string of the molecule is CCC(=CCOc1ccc(S(C)(=O)=O)cc1)C(=O)O. The van der Waals surface area contributed by atoms with Gasteiger partial charge in [0, 0.05) is 11.8 Å². The normalized spacial score (nSPS) is 12.2. The number of carboxylic acids is 1. The van der Waals surface area contributed by atoms with E-state index in [2.05, 4.69) is 0 Å². The molecule has 5 nitrogen and oxygen atoms in total. The number of hydrogen-bond donors (Lipinski definition) is 1. The highest BCUT2D eigenvalue weighted by atomic mass is 32.2. The third-order valence-corrected chi connectivity index (χ3v) is 3.62. The molecule has 0 amide bonds. The Hall–Kier alpha value is -1.82. The van der Waals surface area contributed by atoms with Gasteiger partial charge in [0.05, 0.1) is 4.90 Å². The molecular weight excluding hydrogens is 268 g/mol. The maximum absolute atomic E-state index is 11.2. The molecule has 0 radical (unpaired) electrons. The molecule has 0 fully saturated rings. The number of hydrogen-bond acceptors (Lipinski definition) is 4. The summed E-state index contributed by atoms with van der Waals surface area (Å²) in [7, 11) is -3.21. The van der Waals surface area contributed by atoms with Gasteiger partial charge in [0.25, 0.3) is 0 Å². The zero-order valence-corrected chi connectivity index (χ0v) is 11.6. The first kappa shape index (κ1) is 15.2. The van der Waals surface area contributed by atoms with E-state index in [4.69, 9.17) is 9.84 Å². The van der Waals surface area contributed by atoms with Crippen LogP contribution in [0.3, 0.4) is 0 Å². The van der Waals surface area contributed by atoms with Crippen molar-refractivity contribution in [2.24, 2.45) is 0 Å². The molecule has 19 heavy (non-hydrogen) atoms. The molecule has 6 heteroatoms. The van der Waals surface area contributed by atoms with Crippen LogP contribution in [0.4, 0.5) is 0 Å². The van der Waals surface area contributed by atoms with Crippen LogP contribution in [0.2, 0.25) is 0 Å². The average molecular weight is 284 g/mol. The molecule has 0 atom stereocenters. The number of benzene rings is 1. The Morgan fingerprint density at radius 2 is 1.89 bits per heavy atom. The van der Waals surface area contributed by atoms with Crippen molar-refractivity contribution in [3.63, 3.8) is 0 Å². The summed E-state index contributed by atoms with van der Waals surface area (Å²) in [5, 5.41) is 8.81. The van der Waals surface area contributed by atoms with Crippen molar-refractivity contribution >= 4 is 15.8 Å². The first-order valence-electron chi connectivity index (χ1n) is 5.70. The number of aliphatic carboxylic acids is 1. The molecule has 0 heterocycles. The third-order valence-electron chi connectivity index (χ3n) is 2.49. The lowest BCUT2D eigenvalue weighted by Crippen LogP contribution is -2.03. The van der Waals surface area contributed by atoms with Crippen molar-refractivity contribution in [2.45, 2.75) is 18.2 Å². The summed E-state index contributed by atoms with van der Waals surface area (Å²) in [6, 6.07) is 5.98. The van der Waals surface area contributed by atoms with Gasteiger partial charge in [-0.05, 0) is 36.8 Å². The summed E-state index contributed by atoms with van der Waals surface area (Å²) >= 11 is 0. The maximum Gasteiger partial charge on any atom is 0.331 e. The van der Waals surface area contributed by atoms with Gasteiger partial charge in [-0.25, -0.2) is 13.2 Å². The largest absolute Gasteiger partial charge is 0.490 e. The van der Waals surface area contributed by atoms with Gasteiger partial charge in [0.15, 0.2) is 9.84 Å². The molecule has 0 unspecified atom stereocenters. The Morgan fingerprint density at radius 3 is 2.32 bits per heavy atom. The first-order chi connectivity index (χ1) is 8.84. The van der Waals surface area contributed by atoms with E-state index in [0.29, 0.717) is 12.2 Å². The quantitative estimate of drug-likeness (QED) is 0.807. The van der Waals surface area contributed by atoms with E-state index in [9.17, 15) is 13.2 Å². The molecule has 104 valence electrons. The van der Waals surface area contributed by atoms with Crippen LogP contribution in [-0.4, -0.2) is 32.4 Å². The molecule has 1 N–H and O–H groups in total. The van der Waals surface area contributed by atoms with Crippen molar-refractivity contribution in [1.82, 2.24) is 0 Å². The van der Waals surface area contributed by atoms with E-state index in [1.807, 2.05) is 0 Å². The van der Waals surface area contributed by atoms with E-state index in [1.165, 1.54) is 30.3 Å². The summed E-state index contributed by atoms with van der Waals surface area (Å²) < 4.78 is 27.8. The molecule has 0 aromatic heterocycles. The second-order valence-electron chi connectivity index (χ2n) is 3.94. The van der Waals surface area contributed by atoms with Gasteiger partial charge in [-0.1, -0.05) is 6.92 Å². The maximum atomic E-state index is 11.2. The van der Waals surface area contributed by atoms with Crippen LogP contribution in [0, 0.1) is 0 Å². The van der Waals surface area contributed by atoms with Gasteiger partial charge in [0.1, 0.15) is 12.4 Å². The highest BCUT2D eigenvalue weighted by molar-refractivity contribution is 7.90. The second kappa shape index (κ2) is 6.38. The van der Waals surface area contributed by atoms with Crippen LogP contribution in [0.25, 0.3) is 0 Å². The fraction of sp³-hybridized carbons (Fsp3) is 0.308. The van der Waals surface area contributed by atoms with E-state index in [-0.39, 0.29) is 17.1 Å². The number of carbonyl (C=O) groups is 1. The average Bonchev–Trinajstić information content (AvgIpc) is 2.33. The fourth-order valence-corrected chi connectivity index (χ4v) is 2.03. The number of ether oxygens (including phenoxy) is 1. The molecule has 1 aromatic rings. The summed E-state index contributed by atoms with van der Waals surface area (Å²) in [6.45, 7) is 1.88. The van der Waals surface area contributed by atoms with E-state index in [0.717, 1.165) is 6.26 Å². The number of rotatable bonds is 6. The second-order valence-corrected chi connectivity index (χ2v) is 5.96. The minimum atomic E-state index is -3.21. The van der Waals surface area contributed by atoms with Crippen LogP contribution < -0.4 is 4.74 Å². The molecule has 0 saturated heterocycles. The fourth-order valence-electron chi connectivity index (χ4n) is 1.40. The Balaban J connectivity index is 2.67. The minimum Gasteiger partial charge on any atom is -0.490 e. The van der Waals surface area contributed by atoms with Crippen LogP contribution in [0.5, 0.6) is 5.75 Å². The highest BCUT2D eigenvalue weighted by Crippen LogP contribution is 2.16. The Bertz CT molecular complexity index is 570. The van der Waals surface area contributed by atoms with Gasteiger partial charge in [0.2, 0.25) is 0 Å². The van der Waals surface area contributed by atoms with Crippen molar-refractivity contribution in [3.05, 3.63) is 35.9 Å². The van der Waals surface area contributed by atoms with Crippen molar-refractivity contribution in [3.8, 4) is 5.75 Å². The van der Waals surface area contributed by atoms with E-state index < -0.39 is 15.8 Å². The van der Waals surface area contributed by atoms with Gasteiger partial charge < -0.3 is 9.84 Å². The summed E-state index contributed by atoms with van der Waals surface area (Å²) in [5.41, 5.74) is 0.285. The van der Waals surface area contributed by atoms with Gasteiger partial charge >= 0.3 is 5.97 Å². The smallest absolute Gasteiger partial charge is 0.331 e. The first-order valence-corrected chi connectivity index (χ1v) is 7.59. The highest BCUT2D eigenvalue weighted by Gasteiger charge is 2.06. The zero-order valence-electron chi connectivity index (χ0n) is 10.8. The minimum absolute atomic E-state index is 0.133. The van der Waals surface area contributed by atoms with Crippen LogP contribution >= 0.6 is 0 Å². The summed E-state index contributed by atoms with van der Waals surface area (Å²) in [4.78, 5) is 11.0.